The summed E-state index contributed by atoms with van der Waals surface area (Å²) in [5.74, 6) is 0.114. The molecule has 2 aliphatic rings. The van der Waals surface area contributed by atoms with Crippen LogP contribution in [0.2, 0.25) is 0 Å². The molecule has 2 aromatic rings. The first-order valence-corrected chi connectivity index (χ1v) is 11.2. The average Bonchev–Trinajstić information content (AvgIpc) is 3.38. The van der Waals surface area contributed by atoms with Crippen molar-refractivity contribution in [3.63, 3.8) is 0 Å². The van der Waals surface area contributed by atoms with E-state index in [9.17, 15) is 19.6 Å². The van der Waals surface area contributed by atoms with Crippen molar-refractivity contribution in [2.45, 2.75) is 51.1 Å². The fourth-order valence-electron chi connectivity index (χ4n) is 4.90. The van der Waals surface area contributed by atoms with Crippen molar-refractivity contribution >= 4 is 28.5 Å². The van der Waals surface area contributed by atoms with E-state index in [0.717, 1.165) is 30.2 Å². The molecule has 8 heteroatoms. The number of benzene rings is 1. The van der Waals surface area contributed by atoms with E-state index in [0.29, 0.717) is 30.8 Å². The number of methoxy groups -OCH3 is 1. The van der Waals surface area contributed by atoms with Crippen LogP contribution in [0.4, 0.5) is 0 Å². The van der Waals surface area contributed by atoms with Crippen LogP contribution in [0.1, 0.15) is 49.5 Å². The first-order chi connectivity index (χ1) is 15.5. The number of fused-ring (bicyclic) bond motifs is 1. The number of rotatable bonds is 7. The number of Topliss-reactive ketones (excluding diaryl/α,β-unsaturated/α-hetero) is 1. The SMILES string of the molecule is CC[C@H]1CN(C(=O)c2cc3c(OC)cccc3[nH]2)[C@@H]1C(=O)N[C@H](C#N)C[C@@H]1CCCC1=O. The van der Waals surface area contributed by atoms with Gasteiger partial charge in [-0.2, -0.15) is 5.26 Å². The van der Waals surface area contributed by atoms with Gasteiger partial charge in [-0.3, -0.25) is 14.4 Å². The van der Waals surface area contributed by atoms with E-state index in [2.05, 4.69) is 16.4 Å². The lowest BCUT2D eigenvalue weighted by Crippen LogP contribution is -2.65. The van der Waals surface area contributed by atoms with Gasteiger partial charge in [0.2, 0.25) is 5.91 Å². The number of ether oxygens (including phenoxy) is 1. The summed E-state index contributed by atoms with van der Waals surface area (Å²) in [5.41, 5.74) is 1.18. The molecule has 4 atom stereocenters. The molecule has 8 nitrogen and oxygen atoms in total. The van der Waals surface area contributed by atoms with Gasteiger partial charge >= 0.3 is 0 Å². The Morgan fingerprint density at radius 3 is 2.88 bits per heavy atom. The molecule has 0 bridgehead atoms. The van der Waals surface area contributed by atoms with E-state index in [1.165, 1.54) is 0 Å². The van der Waals surface area contributed by atoms with Crippen molar-refractivity contribution in [3.8, 4) is 11.8 Å². The van der Waals surface area contributed by atoms with E-state index >= 15 is 0 Å². The Bertz CT molecular complexity index is 1090. The highest BCUT2D eigenvalue weighted by atomic mass is 16.5. The first-order valence-electron chi connectivity index (χ1n) is 11.2. The third-order valence-corrected chi connectivity index (χ3v) is 6.77. The van der Waals surface area contributed by atoms with Crippen LogP contribution in [0.3, 0.4) is 0 Å². The number of nitrogens with zero attached hydrogens (tertiary/aromatic N) is 2. The maximum atomic E-state index is 13.2. The molecule has 32 heavy (non-hydrogen) atoms. The summed E-state index contributed by atoms with van der Waals surface area (Å²) in [6, 6.07) is 8.03. The second kappa shape index (κ2) is 9.03. The van der Waals surface area contributed by atoms with E-state index in [1.54, 1.807) is 18.1 Å². The quantitative estimate of drug-likeness (QED) is 0.692. The minimum atomic E-state index is -0.734. The Labute approximate surface area is 186 Å². The highest BCUT2D eigenvalue weighted by molar-refractivity contribution is 6.02. The highest BCUT2D eigenvalue weighted by Crippen LogP contribution is 2.32. The van der Waals surface area contributed by atoms with Gasteiger partial charge in [0.1, 0.15) is 29.3 Å². The van der Waals surface area contributed by atoms with Crippen LogP contribution < -0.4 is 10.1 Å². The van der Waals surface area contributed by atoms with E-state index < -0.39 is 12.1 Å². The standard InChI is InChI=1S/C24H28N4O4/c1-3-14-13-28(24(31)19-11-17-18(27-19)7-5-9-21(17)32-2)22(14)23(30)26-16(12-25)10-15-6-4-8-20(15)29/h5,7,9,11,14-16,22,27H,3-4,6,8,10,13H2,1-2H3,(H,26,30)/t14-,15-,16-,22-/m0/s1. The zero-order chi connectivity index (χ0) is 22.8. The smallest absolute Gasteiger partial charge is 0.271 e. The molecule has 1 aliphatic carbocycles. The number of carbonyl (C=O) groups excluding carboxylic acids is 3. The van der Waals surface area contributed by atoms with Crippen LogP contribution in [0.15, 0.2) is 24.3 Å². The Morgan fingerprint density at radius 1 is 1.41 bits per heavy atom. The number of nitriles is 1. The van der Waals surface area contributed by atoms with Crippen molar-refractivity contribution in [1.29, 1.82) is 5.26 Å². The van der Waals surface area contributed by atoms with Gasteiger partial charge in [-0.15, -0.1) is 0 Å². The molecule has 0 spiro atoms. The maximum Gasteiger partial charge on any atom is 0.271 e. The van der Waals surface area contributed by atoms with Crippen LogP contribution in [0.5, 0.6) is 5.75 Å². The molecule has 0 unspecified atom stereocenters. The van der Waals surface area contributed by atoms with Gasteiger partial charge in [0.25, 0.3) is 5.91 Å². The van der Waals surface area contributed by atoms with Crippen molar-refractivity contribution < 1.29 is 19.1 Å². The Kier molecular flexibility index (Phi) is 6.17. The molecule has 2 amide bonds. The molecule has 2 heterocycles. The fraction of sp³-hybridized carbons (Fsp3) is 0.500. The molecule has 1 saturated heterocycles. The van der Waals surface area contributed by atoms with Crippen LogP contribution >= 0.6 is 0 Å². The number of likely N-dealkylation sites (tertiary alicyclic amines) is 1. The number of hydrogen-bond donors (Lipinski definition) is 2. The monoisotopic (exact) mass is 436 g/mol. The van der Waals surface area contributed by atoms with Gasteiger partial charge in [0, 0.05) is 35.7 Å². The predicted octanol–water partition coefficient (Wildman–Crippen LogP) is 2.79. The van der Waals surface area contributed by atoms with E-state index in [4.69, 9.17) is 4.74 Å². The lowest BCUT2D eigenvalue weighted by Gasteiger charge is -2.46. The van der Waals surface area contributed by atoms with Crippen LogP contribution in [-0.2, 0) is 9.59 Å². The fourth-order valence-corrected chi connectivity index (χ4v) is 4.90. The lowest BCUT2D eigenvalue weighted by atomic mass is 9.85. The van der Waals surface area contributed by atoms with Crippen molar-refractivity contribution in [2.24, 2.45) is 11.8 Å². The lowest BCUT2D eigenvalue weighted by molar-refractivity contribution is -0.134. The molecule has 2 N–H and O–H groups in total. The predicted molar refractivity (Wildman–Crippen MR) is 118 cm³/mol. The molecule has 1 aliphatic heterocycles. The Morgan fingerprint density at radius 2 is 2.22 bits per heavy atom. The number of aromatic amines is 1. The maximum absolute atomic E-state index is 13.2. The summed E-state index contributed by atoms with van der Waals surface area (Å²) < 4.78 is 5.37. The number of H-pyrrole nitrogens is 1. The Balaban J connectivity index is 1.48. The summed E-state index contributed by atoms with van der Waals surface area (Å²) in [6.07, 6.45) is 3.24. The van der Waals surface area contributed by atoms with Crippen molar-refractivity contribution in [2.75, 3.05) is 13.7 Å². The molecule has 4 rings (SSSR count). The zero-order valence-electron chi connectivity index (χ0n) is 18.4. The zero-order valence-corrected chi connectivity index (χ0v) is 18.4. The molecule has 0 radical (unpaired) electrons. The summed E-state index contributed by atoms with van der Waals surface area (Å²) in [4.78, 5) is 42.9. The summed E-state index contributed by atoms with van der Waals surface area (Å²) in [6.45, 7) is 2.47. The second-order valence-electron chi connectivity index (χ2n) is 8.66. The first kappa shape index (κ1) is 21.9. The Hall–Kier alpha value is -3.34. The minimum Gasteiger partial charge on any atom is -0.496 e. The van der Waals surface area contributed by atoms with Gasteiger partial charge in [-0.25, -0.2) is 0 Å². The highest BCUT2D eigenvalue weighted by Gasteiger charge is 2.46. The number of aromatic nitrogens is 1. The number of hydrogen-bond acceptors (Lipinski definition) is 5. The van der Waals surface area contributed by atoms with Crippen LogP contribution in [-0.4, -0.2) is 53.2 Å². The minimum absolute atomic E-state index is 0.0327. The van der Waals surface area contributed by atoms with Crippen molar-refractivity contribution in [1.82, 2.24) is 15.2 Å². The molecule has 168 valence electrons. The van der Waals surface area contributed by atoms with Crippen LogP contribution in [0, 0.1) is 23.2 Å². The number of carbonyl (C=O) groups is 3. The third kappa shape index (κ3) is 3.95. The molecule has 2 fully saturated rings. The molecular weight excluding hydrogens is 408 g/mol. The van der Waals surface area contributed by atoms with Gasteiger partial charge < -0.3 is 19.9 Å². The molecule has 1 aromatic heterocycles. The number of nitrogens with one attached hydrogen (secondary N) is 2. The normalized spacial score (nSPS) is 23.5. The molecular formula is C24H28N4O4. The molecule has 1 saturated carbocycles. The summed E-state index contributed by atoms with van der Waals surface area (Å²) >= 11 is 0. The van der Waals surface area contributed by atoms with Gasteiger partial charge in [-0.05, 0) is 43.9 Å². The topological polar surface area (TPSA) is 115 Å². The van der Waals surface area contributed by atoms with E-state index in [-0.39, 0.29) is 29.4 Å². The third-order valence-electron chi connectivity index (χ3n) is 6.77. The number of amides is 2. The van der Waals surface area contributed by atoms with Gasteiger partial charge in [-0.1, -0.05) is 13.0 Å². The van der Waals surface area contributed by atoms with Crippen molar-refractivity contribution in [3.05, 3.63) is 30.0 Å². The summed E-state index contributed by atoms with van der Waals surface area (Å²) in [5, 5.41) is 13.1. The summed E-state index contributed by atoms with van der Waals surface area (Å²) in [7, 11) is 1.58. The van der Waals surface area contributed by atoms with E-state index in [1.807, 2.05) is 25.1 Å². The molecule has 1 aromatic carbocycles. The van der Waals surface area contributed by atoms with Crippen LogP contribution in [0.25, 0.3) is 10.9 Å². The largest absolute Gasteiger partial charge is 0.496 e. The second-order valence-corrected chi connectivity index (χ2v) is 8.66. The average molecular weight is 437 g/mol. The number of ketones is 1. The van der Waals surface area contributed by atoms with Gasteiger partial charge in [0.05, 0.1) is 13.2 Å². The van der Waals surface area contributed by atoms with Gasteiger partial charge in [0.15, 0.2) is 0 Å².